The lowest BCUT2D eigenvalue weighted by atomic mass is 10.1. The standard InChI is InChI=1S/C13H14N2O/c1-9-6-7-14-12(8-9)11-4-5-13(16-3)15-10(11)2/h4-8H,1-3H3. The van der Waals surface area contributed by atoms with Gasteiger partial charge in [-0.25, -0.2) is 4.98 Å². The summed E-state index contributed by atoms with van der Waals surface area (Å²) in [6, 6.07) is 7.88. The second-order valence-electron chi connectivity index (χ2n) is 3.71. The number of hydrogen-bond donors (Lipinski definition) is 0. The zero-order chi connectivity index (χ0) is 11.5. The number of pyridine rings is 2. The quantitative estimate of drug-likeness (QED) is 0.771. The molecular weight excluding hydrogens is 200 g/mol. The lowest BCUT2D eigenvalue weighted by Gasteiger charge is -2.06. The van der Waals surface area contributed by atoms with Gasteiger partial charge in [-0.3, -0.25) is 4.98 Å². The molecule has 16 heavy (non-hydrogen) atoms. The molecule has 0 saturated carbocycles. The van der Waals surface area contributed by atoms with Gasteiger partial charge in [-0.15, -0.1) is 0 Å². The predicted octanol–water partition coefficient (Wildman–Crippen LogP) is 2.77. The lowest BCUT2D eigenvalue weighted by molar-refractivity contribution is 0.397. The van der Waals surface area contributed by atoms with Crippen LogP contribution in [0.4, 0.5) is 0 Å². The van der Waals surface area contributed by atoms with E-state index in [0.29, 0.717) is 5.88 Å². The van der Waals surface area contributed by atoms with Crippen LogP contribution in [0.15, 0.2) is 30.5 Å². The van der Waals surface area contributed by atoms with Crippen LogP contribution in [0.25, 0.3) is 11.3 Å². The van der Waals surface area contributed by atoms with Crippen molar-refractivity contribution >= 4 is 0 Å². The Morgan fingerprint density at radius 3 is 2.56 bits per heavy atom. The van der Waals surface area contributed by atoms with Crippen LogP contribution >= 0.6 is 0 Å². The Hall–Kier alpha value is -1.90. The van der Waals surface area contributed by atoms with Crippen LogP contribution in [0.5, 0.6) is 5.88 Å². The Morgan fingerprint density at radius 1 is 1.12 bits per heavy atom. The molecule has 3 heteroatoms. The zero-order valence-corrected chi connectivity index (χ0v) is 9.69. The van der Waals surface area contributed by atoms with E-state index in [2.05, 4.69) is 23.0 Å². The smallest absolute Gasteiger partial charge is 0.213 e. The molecule has 3 nitrogen and oxygen atoms in total. The summed E-state index contributed by atoms with van der Waals surface area (Å²) in [4.78, 5) is 8.68. The van der Waals surface area contributed by atoms with Crippen molar-refractivity contribution in [3.8, 4) is 17.1 Å². The van der Waals surface area contributed by atoms with Crippen LogP contribution in [0.3, 0.4) is 0 Å². The van der Waals surface area contributed by atoms with Crippen molar-refractivity contribution in [1.82, 2.24) is 9.97 Å². The van der Waals surface area contributed by atoms with Gasteiger partial charge in [-0.1, -0.05) is 0 Å². The predicted molar refractivity (Wildman–Crippen MR) is 63.5 cm³/mol. The number of methoxy groups -OCH3 is 1. The Balaban J connectivity index is 2.48. The number of rotatable bonds is 2. The minimum absolute atomic E-state index is 0.633. The van der Waals surface area contributed by atoms with E-state index in [-0.39, 0.29) is 0 Å². The highest BCUT2D eigenvalue weighted by Gasteiger charge is 2.05. The molecule has 2 rings (SSSR count). The molecule has 0 aliphatic carbocycles. The summed E-state index contributed by atoms with van der Waals surface area (Å²) in [7, 11) is 1.62. The van der Waals surface area contributed by atoms with Crippen LogP contribution in [0.2, 0.25) is 0 Å². The molecule has 0 spiro atoms. The average Bonchev–Trinajstić information content (AvgIpc) is 2.28. The summed E-state index contributed by atoms with van der Waals surface area (Å²) in [5, 5.41) is 0. The fourth-order valence-electron chi connectivity index (χ4n) is 1.61. The largest absolute Gasteiger partial charge is 0.481 e. The van der Waals surface area contributed by atoms with Crippen LogP contribution < -0.4 is 4.74 Å². The molecular formula is C13H14N2O. The molecule has 0 fully saturated rings. The fourth-order valence-corrected chi connectivity index (χ4v) is 1.61. The minimum atomic E-state index is 0.633. The number of aromatic nitrogens is 2. The highest BCUT2D eigenvalue weighted by Crippen LogP contribution is 2.22. The molecule has 2 aromatic rings. The molecule has 0 amide bonds. The van der Waals surface area contributed by atoms with Gasteiger partial charge < -0.3 is 4.74 Å². The van der Waals surface area contributed by atoms with E-state index in [0.717, 1.165) is 17.0 Å². The lowest BCUT2D eigenvalue weighted by Crippen LogP contribution is -1.94. The molecule has 0 aliphatic heterocycles. The molecule has 0 radical (unpaired) electrons. The maximum absolute atomic E-state index is 5.08. The van der Waals surface area contributed by atoms with Gasteiger partial charge in [0.2, 0.25) is 5.88 Å². The summed E-state index contributed by atoms with van der Waals surface area (Å²) in [5.41, 5.74) is 4.12. The minimum Gasteiger partial charge on any atom is -0.481 e. The van der Waals surface area contributed by atoms with Gasteiger partial charge in [0.25, 0.3) is 0 Å². The van der Waals surface area contributed by atoms with Gasteiger partial charge in [0, 0.05) is 17.8 Å². The first-order valence-corrected chi connectivity index (χ1v) is 5.15. The topological polar surface area (TPSA) is 35.0 Å². The van der Waals surface area contributed by atoms with E-state index in [1.807, 2.05) is 31.3 Å². The molecule has 82 valence electrons. The SMILES string of the molecule is COc1ccc(-c2cc(C)ccn2)c(C)n1. The maximum atomic E-state index is 5.08. The molecule has 2 heterocycles. The van der Waals surface area contributed by atoms with E-state index in [1.54, 1.807) is 7.11 Å². The van der Waals surface area contributed by atoms with Gasteiger partial charge in [-0.2, -0.15) is 0 Å². The maximum Gasteiger partial charge on any atom is 0.213 e. The first-order valence-electron chi connectivity index (χ1n) is 5.15. The molecule has 0 bridgehead atoms. The Labute approximate surface area is 95.1 Å². The Morgan fingerprint density at radius 2 is 1.94 bits per heavy atom. The molecule has 0 unspecified atom stereocenters. The third-order valence-electron chi connectivity index (χ3n) is 2.46. The van der Waals surface area contributed by atoms with Crippen LogP contribution in [-0.2, 0) is 0 Å². The highest BCUT2D eigenvalue weighted by molar-refractivity contribution is 5.62. The zero-order valence-electron chi connectivity index (χ0n) is 9.69. The van der Waals surface area contributed by atoms with Gasteiger partial charge in [0.1, 0.15) is 0 Å². The number of hydrogen-bond acceptors (Lipinski definition) is 3. The third-order valence-corrected chi connectivity index (χ3v) is 2.46. The van der Waals surface area contributed by atoms with Gasteiger partial charge in [0.05, 0.1) is 18.5 Å². The van der Waals surface area contributed by atoms with E-state index in [4.69, 9.17) is 4.74 Å². The molecule has 0 aromatic carbocycles. The summed E-state index contributed by atoms with van der Waals surface area (Å²) in [6.07, 6.45) is 1.81. The summed E-state index contributed by atoms with van der Waals surface area (Å²) < 4.78 is 5.08. The second kappa shape index (κ2) is 4.31. The monoisotopic (exact) mass is 214 g/mol. The molecule has 0 aliphatic rings. The first kappa shape index (κ1) is 10.6. The Kier molecular flexibility index (Phi) is 2.86. The molecule has 0 saturated heterocycles. The average molecular weight is 214 g/mol. The fraction of sp³-hybridized carbons (Fsp3) is 0.231. The van der Waals surface area contributed by atoms with E-state index >= 15 is 0 Å². The highest BCUT2D eigenvalue weighted by atomic mass is 16.5. The number of aryl methyl sites for hydroxylation is 2. The van der Waals surface area contributed by atoms with Crippen molar-refractivity contribution in [3.63, 3.8) is 0 Å². The summed E-state index contributed by atoms with van der Waals surface area (Å²) in [6.45, 7) is 4.01. The van der Waals surface area contributed by atoms with Gasteiger partial charge in [-0.05, 0) is 37.6 Å². The first-order chi connectivity index (χ1) is 7.70. The van der Waals surface area contributed by atoms with E-state index < -0.39 is 0 Å². The van der Waals surface area contributed by atoms with E-state index in [1.165, 1.54) is 5.56 Å². The van der Waals surface area contributed by atoms with Crippen molar-refractivity contribution in [2.75, 3.05) is 7.11 Å². The van der Waals surface area contributed by atoms with E-state index in [9.17, 15) is 0 Å². The van der Waals surface area contributed by atoms with Crippen molar-refractivity contribution in [1.29, 1.82) is 0 Å². The van der Waals surface area contributed by atoms with Crippen molar-refractivity contribution < 1.29 is 4.74 Å². The second-order valence-corrected chi connectivity index (χ2v) is 3.71. The van der Waals surface area contributed by atoms with Gasteiger partial charge >= 0.3 is 0 Å². The number of nitrogens with zero attached hydrogens (tertiary/aromatic N) is 2. The summed E-state index contributed by atoms with van der Waals surface area (Å²) in [5.74, 6) is 0.633. The van der Waals surface area contributed by atoms with Crippen molar-refractivity contribution in [2.45, 2.75) is 13.8 Å². The molecule has 0 N–H and O–H groups in total. The van der Waals surface area contributed by atoms with Crippen LogP contribution in [0, 0.1) is 13.8 Å². The molecule has 2 aromatic heterocycles. The Bertz CT molecular complexity index is 509. The van der Waals surface area contributed by atoms with Gasteiger partial charge in [0.15, 0.2) is 0 Å². The van der Waals surface area contributed by atoms with Crippen molar-refractivity contribution in [2.24, 2.45) is 0 Å². The number of ether oxygens (including phenoxy) is 1. The third kappa shape index (κ3) is 2.03. The normalized spacial score (nSPS) is 10.2. The van der Waals surface area contributed by atoms with Crippen LogP contribution in [0.1, 0.15) is 11.3 Å². The van der Waals surface area contributed by atoms with Crippen LogP contribution in [-0.4, -0.2) is 17.1 Å². The van der Waals surface area contributed by atoms with Crippen molar-refractivity contribution in [3.05, 3.63) is 41.7 Å². The summed E-state index contributed by atoms with van der Waals surface area (Å²) >= 11 is 0. The molecule has 0 atom stereocenters.